The molecule has 6 heteroatoms. The van der Waals surface area contributed by atoms with E-state index >= 15 is 0 Å². The number of hydrogen-bond acceptors (Lipinski definition) is 4. The summed E-state index contributed by atoms with van der Waals surface area (Å²) in [4.78, 5) is 27.7. The fraction of sp³-hybridized carbons (Fsp3) is 0.250. The molecule has 1 unspecified atom stereocenters. The summed E-state index contributed by atoms with van der Waals surface area (Å²) in [6, 6.07) is 7.16. The molecule has 3 rings (SSSR count). The predicted molar refractivity (Wildman–Crippen MR) is 61.0 cm³/mol. The highest BCUT2D eigenvalue weighted by molar-refractivity contribution is 6.49. The number of benzene rings is 1. The molecule has 1 aromatic carbocycles. The van der Waals surface area contributed by atoms with Gasteiger partial charge in [0.05, 0.1) is 12.7 Å². The molecular weight excluding hydrogens is 236 g/mol. The molecule has 2 aliphatic heterocycles. The lowest BCUT2D eigenvalue weighted by atomic mass is 10.1. The van der Waals surface area contributed by atoms with E-state index in [1.807, 2.05) is 6.07 Å². The van der Waals surface area contributed by atoms with E-state index in [1.165, 1.54) is 19.1 Å². The van der Waals surface area contributed by atoms with Gasteiger partial charge in [0.15, 0.2) is 5.84 Å². The van der Waals surface area contributed by atoms with Crippen molar-refractivity contribution in [2.75, 3.05) is 14.2 Å². The number of ether oxygens (including phenoxy) is 2. The third-order valence-electron chi connectivity index (χ3n) is 3.14. The van der Waals surface area contributed by atoms with Gasteiger partial charge in [-0.15, -0.1) is 0 Å². The molecule has 1 fully saturated rings. The number of para-hydroxylation sites is 1. The van der Waals surface area contributed by atoms with Gasteiger partial charge >= 0.3 is 11.8 Å². The predicted octanol–water partition coefficient (Wildman–Crippen LogP) is 0.275. The number of amides is 2. The van der Waals surface area contributed by atoms with Gasteiger partial charge in [-0.05, 0) is 12.1 Å². The van der Waals surface area contributed by atoms with Crippen LogP contribution in [-0.2, 0) is 20.1 Å². The van der Waals surface area contributed by atoms with Crippen molar-refractivity contribution in [1.29, 1.82) is 0 Å². The third kappa shape index (κ3) is 1.08. The summed E-state index contributed by atoms with van der Waals surface area (Å²) in [5, 5.41) is 0. The molecule has 92 valence electrons. The summed E-state index contributed by atoms with van der Waals surface area (Å²) < 4.78 is 10.6. The van der Waals surface area contributed by atoms with Crippen LogP contribution in [0.5, 0.6) is 5.75 Å². The van der Waals surface area contributed by atoms with E-state index in [1.54, 1.807) is 18.2 Å². The molecule has 0 saturated carbocycles. The van der Waals surface area contributed by atoms with Crippen LogP contribution in [0.3, 0.4) is 0 Å². The quantitative estimate of drug-likeness (QED) is 0.567. The Bertz CT molecular complexity index is 595. The van der Waals surface area contributed by atoms with Crippen LogP contribution in [0.1, 0.15) is 5.56 Å². The minimum atomic E-state index is -1.07. The van der Waals surface area contributed by atoms with Crippen LogP contribution < -0.4 is 4.74 Å². The summed E-state index contributed by atoms with van der Waals surface area (Å²) in [6.07, 6.45) is 0. The van der Waals surface area contributed by atoms with Crippen molar-refractivity contribution in [1.82, 2.24) is 4.90 Å². The van der Waals surface area contributed by atoms with Gasteiger partial charge < -0.3 is 9.47 Å². The molecule has 0 aromatic heterocycles. The van der Waals surface area contributed by atoms with Crippen LogP contribution in [-0.4, -0.2) is 36.8 Å². The first-order chi connectivity index (χ1) is 8.66. The lowest BCUT2D eigenvalue weighted by molar-refractivity contribution is -0.143. The van der Waals surface area contributed by atoms with Crippen molar-refractivity contribution in [3.63, 3.8) is 0 Å². The van der Waals surface area contributed by atoms with E-state index in [-0.39, 0.29) is 0 Å². The van der Waals surface area contributed by atoms with Crippen molar-refractivity contribution in [2.45, 2.75) is 5.72 Å². The third-order valence-corrected chi connectivity index (χ3v) is 3.14. The molecular formula is C12H10N2O4. The van der Waals surface area contributed by atoms with Crippen molar-refractivity contribution < 1.29 is 19.1 Å². The summed E-state index contributed by atoms with van der Waals surface area (Å²) >= 11 is 0. The van der Waals surface area contributed by atoms with Crippen molar-refractivity contribution >= 4 is 17.6 Å². The molecule has 0 N–H and O–H groups in total. The number of rotatable bonds is 3. The van der Waals surface area contributed by atoms with Crippen LogP contribution in [0, 0.1) is 0 Å². The highest BCUT2D eigenvalue weighted by atomic mass is 16.5. The number of fused-ring (bicyclic) bond motifs is 1. The standard InChI is InChI=1S/C12H10N2O4/c1-17-8-6-4-3-5-7(8)12(18-2)11-13-9(15)10(16)14(11)12/h3-6H,1-2H3. The zero-order valence-electron chi connectivity index (χ0n) is 9.84. The average molecular weight is 246 g/mol. The molecule has 1 saturated heterocycles. The molecule has 6 nitrogen and oxygen atoms in total. The van der Waals surface area contributed by atoms with E-state index in [0.717, 1.165) is 0 Å². The van der Waals surface area contributed by atoms with Crippen LogP contribution in [0.15, 0.2) is 29.3 Å². The van der Waals surface area contributed by atoms with Crippen molar-refractivity contribution in [3.8, 4) is 5.75 Å². The number of hydrogen-bond donors (Lipinski definition) is 0. The fourth-order valence-electron chi connectivity index (χ4n) is 2.28. The number of carbonyl (C=O) groups excluding carboxylic acids is 2. The van der Waals surface area contributed by atoms with E-state index in [2.05, 4.69) is 4.99 Å². The molecule has 0 radical (unpaired) electrons. The second-order valence-electron chi connectivity index (χ2n) is 3.93. The highest BCUT2D eigenvalue weighted by Crippen LogP contribution is 2.51. The molecule has 18 heavy (non-hydrogen) atoms. The number of methoxy groups -OCH3 is 2. The van der Waals surface area contributed by atoms with Gasteiger partial charge in [0, 0.05) is 7.11 Å². The molecule has 0 spiro atoms. The molecule has 2 amide bonds. The van der Waals surface area contributed by atoms with Gasteiger partial charge in [-0.2, -0.15) is 4.99 Å². The lowest BCUT2D eigenvalue weighted by Gasteiger charge is -2.17. The van der Waals surface area contributed by atoms with E-state index < -0.39 is 17.5 Å². The molecule has 0 aliphatic carbocycles. The maximum atomic E-state index is 11.6. The van der Waals surface area contributed by atoms with Crippen LogP contribution >= 0.6 is 0 Å². The largest absolute Gasteiger partial charge is 0.496 e. The summed E-state index contributed by atoms with van der Waals surface area (Å²) in [5.41, 5.74) is -0.410. The minimum absolute atomic E-state index is 0.324. The normalized spacial score (nSPS) is 25.0. The zero-order valence-corrected chi connectivity index (χ0v) is 9.84. The number of nitrogens with zero attached hydrogens (tertiary/aromatic N) is 2. The van der Waals surface area contributed by atoms with Gasteiger partial charge in [-0.3, -0.25) is 9.59 Å². The smallest absolute Gasteiger partial charge is 0.337 e. The Balaban J connectivity index is 2.14. The Kier molecular flexibility index (Phi) is 2.06. The fourth-order valence-corrected chi connectivity index (χ4v) is 2.28. The van der Waals surface area contributed by atoms with Crippen LogP contribution in [0.2, 0.25) is 0 Å². The molecule has 1 aromatic rings. The van der Waals surface area contributed by atoms with Crippen molar-refractivity contribution in [2.24, 2.45) is 4.99 Å². The second kappa shape index (κ2) is 3.39. The lowest BCUT2D eigenvalue weighted by Crippen LogP contribution is -2.28. The Morgan fingerprint density at radius 1 is 1.22 bits per heavy atom. The minimum Gasteiger partial charge on any atom is -0.496 e. The maximum Gasteiger partial charge on any atom is 0.337 e. The Morgan fingerprint density at radius 2 is 1.94 bits per heavy atom. The monoisotopic (exact) mass is 246 g/mol. The van der Waals surface area contributed by atoms with E-state index in [9.17, 15) is 9.59 Å². The molecule has 2 aliphatic rings. The highest BCUT2D eigenvalue weighted by Gasteiger charge is 2.71. The number of amidine groups is 1. The van der Waals surface area contributed by atoms with Gasteiger partial charge in [-0.1, -0.05) is 12.1 Å². The second-order valence-corrected chi connectivity index (χ2v) is 3.93. The van der Waals surface area contributed by atoms with Gasteiger partial charge in [0.2, 0.25) is 5.72 Å². The van der Waals surface area contributed by atoms with Gasteiger partial charge in [0.25, 0.3) is 0 Å². The number of carbonyl (C=O) groups is 2. The van der Waals surface area contributed by atoms with E-state index in [4.69, 9.17) is 9.47 Å². The topological polar surface area (TPSA) is 68.0 Å². The average Bonchev–Trinajstić information content (AvgIpc) is 2.95. The first kappa shape index (κ1) is 10.9. The molecule has 1 atom stereocenters. The Labute approximate surface area is 103 Å². The van der Waals surface area contributed by atoms with Crippen LogP contribution in [0.4, 0.5) is 0 Å². The SMILES string of the molecule is COc1ccccc1C1(OC)C2=NC(=O)C(=O)N21. The Hall–Kier alpha value is -2.21. The van der Waals surface area contributed by atoms with Crippen LogP contribution in [0.25, 0.3) is 0 Å². The molecule has 0 bridgehead atoms. The first-order valence-electron chi connectivity index (χ1n) is 5.33. The maximum absolute atomic E-state index is 11.6. The van der Waals surface area contributed by atoms with Gasteiger partial charge in [-0.25, -0.2) is 4.90 Å². The van der Waals surface area contributed by atoms with E-state index in [0.29, 0.717) is 17.1 Å². The first-order valence-corrected chi connectivity index (χ1v) is 5.33. The van der Waals surface area contributed by atoms with Gasteiger partial charge in [0.1, 0.15) is 5.75 Å². The number of aliphatic imine (C=N–C) groups is 1. The van der Waals surface area contributed by atoms with Crippen molar-refractivity contribution in [3.05, 3.63) is 29.8 Å². The summed E-state index contributed by atoms with van der Waals surface area (Å²) in [6.45, 7) is 0. The summed E-state index contributed by atoms with van der Waals surface area (Å²) in [5.74, 6) is -0.522. The zero-order chi connectivity index (χ0) is 12.9. The molecule has 2 heterocycles. The summed E-state index contributed by atoms with van der Waals surface area (Å²) in [7, 11) is 3.00. The Morgan fingerprint density at radius 3 is 2.50 bits per heavy atom.